The van der Waals surface area contributed by atoms with Crippen LogP contribution in [0.3, 0.4) is 0 Å². The highest BCUT2D eigenvalue weighted by molar-refractivity contribution is 5.82. The number of hydrogen-bond donors (Lipinski definition) is 0. The molecule has 2 heteroatoms. The highest BCUT2D eigenvalue weighted by Gasteiger charge is 1.96. The molecule has 0 rings (SSSR count). The van der Waals surface area contributed by atoms with Crippen molar-refractivity contribution in [3.05, 3.63) is 23.3 Å². The summed E-state index contributed by atoms with van der Waals surface area (Å²) in [4.78, 5) is 11.2. The minimum absolute atomic E-state index is 0.000920. The lowest BCUT2D eigenvalue weighted by Crippen LogP contribution is -2.00. The molecule has 0 atom stereocenters. The minimum Gasteiger partial charge on any atom is -0.463 e. The fraction of sp³-hybridized carbons (Fsp3) is 0.583. The first-order valence-electron chi connectivity index (χ1n) is 5.45. The average molecular weight is 197 g/mol. The lowest BCUT2D eigenvalue weighted by Gasteiger charge is -1.99. The molecule has 0 aliphatic heterocycles. The lowest BCUT2D eigenvalue weighted by atomic mass is 10.1. The number of allylic oxidation sites excluding steroid dienone is 3. The molecule has 80 valence electrons. The maximum absolute atomic E-state index is 11.2. The Balaban J connectivity index is 4.26. The van der Waals surface area contributed by atoms with Crippen molar-refractivity contribution in [1.29, 1.82) is 0 Å². The molecule has 0 N–H and O–H groups in total. The third kappa shape index (κ3) is 7.59. The van der Waals surface area contributed by atoms with Gasteiger partial charge in [-0.3, -0.25) is 0 Å². The zero-order valence-electron chi connectivity index (χ0n) is 10.5. The summed E-state index contributed by atoms with van der Waals surface area (Å²) in [5.74, 6) is -0.521. The van der Waals surface area contributed by atoms with Crippen molar-refractivity contribution in [2.24, 2.45) is 0 Å². The molecule has 0 unspecified atom stereocenters. The van der Waals surface area contributed by atoms with Crippen molar-refractivity contribution in [2.75, 3.05) is 6.61 Å². The number of rotatable bonds is 5. The Morgan fingerprint density at radius 1 is 1.43 bits per heavy atom. The summed E-state index contributed by atoms with van der Waals surface area (Å²) in [6, 6.07) is -0.000920. The Labute approximate surface area is 88.1 Å². The minimum atomic E-state index is -0.521. The monoisotopic (exact) mass is 197 g/mol. The molecule has 0 saturated carbocycles. The van der Waals surface area contributed by atoms with E-state index in [0.717, 1.165) is 18.4 Å². The quantitative estimate of drug-likeness (QED) is 0.384. The average Bonchev–Trinajstić information content (AvgIpc) is 2.16. The Morgan fingerprint density at radius 3 is 2.57 bits per heavy atom. The number of carbonyl (C=O) groups excluding carboxylic acids is 1. The molecule has 0 spiro atoms. The molecule has 0 aromatic rings. The van der Waals surface area contributed by atoms with E-state index in [4.69, 9.17) is 6.11 Å². The van der Waals surface area contributed by atoms with Crippen molar-refractivity contribution >= 4 is 5.97 Å². The van der Waals surface area contributed by atoms with Gasteiger partial charge < -0.3 is 4.74 Å². The van der Waals surface area contributed by atoms with Crippen LogP contribution in [0.15, 0.2) is 23.3 Å². The molecular weight excluding hydrogens is 176 g/mol. The van der Waals surface area contributed by atoms with Crippen LogP contribution < -0.4 is 0 Å². The van der Waals surface area contributed by atoms with Gasteiger partial charge in [0.05, 0.1) is 7.98 Å². The maximum atomic E-state index is 11.2. The second-order valence-corrected chi connectivity index (χ2v) is 3.45. The van der Waals surface area contributed by atoms with Gasteiger partial charge in [-0.25, -0.2) is 4.79 Å². The molecule has 2 nitrogen and oxygen atoms in total. The van der Waals surface area contributed by atoms with E-state index in [0.29, 0.717) is 6.61 Å². The van der Waals surface area contributed by atoms with Crippen LogP contribution in [-0.2, 0) is 9.53 Å². The second-order valence-electron chi connectivity index (χ2n) is 3.45. The summed E-state index contributed by atoms with van der Waals surface area (Å²) < 4.78 is 12.3. The molecule has 0 fully saturated rings. The van der Waals surface area contributed by atoms with Crippen LogP contribution >= 0.6 is 0 Å². The summed E-state index contributed by atoms with van der Waals surface area (Å²) in [6.45, 7) is 7.93. The Kier molecular flexibility index (Phi) is 5.80. The van der Waals surface area contributed by atoms with E-state index in [1.165, 1.54) is 5.57 Å². The lowest BCUT2D eigenvalue weighted by molar-refractivity contribution is -0.137. The Bertz CT molecular complexity index is 273. The number of carbonyl (C=O) groups is 1. The third-order valence-corrected chi connectivity index (χ3v) is 1.66. The van der Waals surface area contributed by atoms with Crippen LogP contribution in [0.4, 0.5) is 0 Å². The van der Waals surface area contributed by atoms with E-state index in [2.05, 4.69) is 6.08 Å². The van der Waals surface area contributed by atoms with Crippen LogP contribution in [0.1, 0.15) is 41.9 Å². The van der Waals surface area contributed by atoms with E-state index < -0.39 is 5.97 Å². The fourth-order valence-corrected chi connectivity index (χ4v) is 0.981. The van der Waals surface area contributed by atoms with Crippen molar-refractivity contribution in [3.8, 4) is 0 Å². The summed E-state index contributed by atoms with van der Waals surface area (Å²) in [6.07, 6.45) is 3.71. The summed E-state index contributed by atoms with van der Waals surface area (Å²) in [5, 5.41) is 0. The van der Waals surface area contributed by atoms with Crippen LogP contribution in [-0.4, -0.2) is 12.6 Å². The predicted octanol–water partition coefficient (Wildman–Crippen LogP) is 3.24. The van der Waals surface area contributed by atoms with E-state index in [1.807, 2.05) is 13.8 Å². The first kappa shape index (κ1) is 11.0. The summed E-state index contributed by atoms with van der Waals surface area (Å²) in [5.41, 5.74) is 2.04. The largest absolute Gasteiger partial charge is 0.463 e. The predicted molar refractivity (Wildman–Crippen MR) is 59.1 cm³/mol. The summed E-state index contributed by atoms with van der Waals surface area (Å²) >= 11 is 0. The second kappa shape index (κ2) is 7.36. The van der Waals surface area contributed by atoms with E-state index >= 15 is 0 Å². The van der Waals surface area contributed by atoms with E-state index in [9.17, 15) is 4.79 Å². The molecule has 0 bridgehead atoms. The normalized spacial score (nSPS) is 12.7. The molecule has 0 aliphatic carbocycles. The van der Waals surface area contributed by atoms with Crippen molar-refractivity contribution in [3.63, 3.8) is 0 Å². The van der Waals surface area contributed by atoms with Crippen molar-refractivity contribution < 1.29 is 10.9 Å². The van der Waals surface area contributed by atoms with Crippen LogP contribution in [0.5, 0.6) is 0 Å². The number of hydrogen-bond acceptors (Lipinski definition) is 2. The van der Waals surface area contributed by atoms with Crippen LogP contribution in [0.2, 0.25) is 0 Å². The molecule has 0 heterocycles. The molecule has 0 saturated heterocycles. The third-order valence-electron chi connectivity index (χ3n) is 1.66. The zero-order chi connectivity index (χ0) is 11.8. The molecule has 14 heavy (non-hydrogen) atoms. The van der Waals surface area contributed by atoms with Gasteiger partial charge in [0.15, 0.2) is 0 Å². The van der Waals surface area contributed by atoms with E-state index in [1.54, 1.807) is 13.8 Å². The molecule has 0 amide bonds. The van der Waals surface area contributed by atoms with Gasteiger partial charge in [0.2, 0.25) is 0 Å². The fourth-order valence-electron chi connectivity index (χ4n) is 0.981. The van der Waals surface area contributed by atoms with E-state index in [-0.39, 0.29) is 6.05 Å². The molecular formula is C12H20O2. The highest BCUT2D eigenvalue weighted by atomic mass is 16.5. The van der Waals surface area contributed by atoms with Gasteiger partial charge in [-0.2, -0.15) is 0 Å². The van der Waals surface area contributed by atoms with Gasteiger partial charge in [-0.15, -0.1) is 0 Å². The van der Waals surface area contributed by atoms with Crippen LogP contribution in [0.25, 0.3) is 0 Å². The van der Waals surface area contributed by atoms with Gasteiger partial charge >= 0.3 is 5.97 Å². The molecule has 0 aromatic heterocycles. The first-order valence-corrected chi connectivity index (χ1v) is 4.95. The van der Waals surface area contributed by atoms with Gasteiger partial charge in [0, 0.05) is 6.05 Å². The highest BCUT2D eigenvalue weighted by Crippen LogP contribution is 2.06. The number of ether oxygens (including phenoxy) is 1. The van der Waals surface area contributed by atoms with Crippen molar-refractivity contribution in [2.45, 2.75) is 40.5 Å². The summed E-state index contributed by atoms with van der Waals surface area (Å²) in [7, 11) is 0. The standard InChI is InChI=1S/C12H20O2/c1-5-14-12(13)9-11(4)8-6-7-10(2)3/h7,9H,5-6,8H2,1-4H3/b11-9+/i9D. The smallest absolute Gasteiger partial charge is 0.330 e. The first-order chi connectivity index (χ1) is 6.99. The number of esters is 1. The van der Waals surface area contributed by atoms with Gasteiger partial charge in [-0.05, 0) is 40.5 Å². The van der Waals surface area contributed by atoms with Gasteiger partial charge in [0.25, 0.3) is 0 Å². The van der Waals surface area contributed by atoms with Gasteiger partial charge in [0.1, 0.15) is 0 Å². The maximum Gasteiger partial charge on any atom is 0.330 e. The molecule has 0 aromatic carbocycles. The molecule has 0 aliphatic rings. The zero-order valence-corrected chi connectivity index (χ0v) is 9.52. The topological polar surface area (TPSA) is 26.3 Å². The molecule has 0 radical (unpaired) electrons. The van der Waals surface area contributed by atoms with Crippen molar-refractivity contribution in [1.82, 2.24) is 0 Å². The van der Waals surface area contributed by atoms with Crippen LogP contribution in [0, 0.1) is 0 Å². The van der Waals surface area contributed by atoms with Gasteiger partial charge in [-0.1, -0.05) is 17.2 Å². The Hall–Kier alpha value is -1.05. The Morgan fingerprint density at radius 2 is 2.07 bits per heavy atom. The SMILES string of the molecule is [2H]/C(C(=O)OCC)=C(/C)CCC=C(C)C.